The molecule has 3 nitrogen and oxygen atoms in total. The molecule has 1 aliphatic carbocycles. The fraction of sp³-hybridized carbons (Fsp3) is 0.286. The van der Waals surface area contributed by atoms with E-state index in [0.29, 0.717) is 6.04 Å². The van der Waals surface area contributed by atoms with Gasteiger partial charge in [-0.3, -0.25) is 9.78 Å². The lowest BCUT2D eigenvalue weighted by Crippen LogP contribution is -2.35. The molecule has 0 saturated heterocycles. The molecule has 2 aromatic carbocycles. The molecule has 0 N–H and O–H groups in total. The van der Waals surface area contributed by atoms with E-state index in [1.165, 1.54) is 39.3 Å². The van der Waals surface area contributed by atoms with E-state index < -0.39 is 0 Å². The minimum atomic E-state index is 0.148. The highest BCUT2D eigenvalue weighted by Gasteiger charge is 2.25. The molecular weight excluding hydrogens is 412 g/mol. The Morgan fingerprint density at radius 2 is 1.81 bits per heavy atom. The van der Waals surface area contributed by atoms with Gasteiger partial charge in [0.2, 0.25) is 0 Å². The molecule has 1 amide bonds. The van der Waals surface area contributed by atoms with Crippen molar-refractivity contribution < 1.29 is 4.79 Å². The molecule has 1 aliphatic heterocycles. The fourth-order valence-corrected chi connectivity index (χ4v) is 5.91. The van der Waals surface area contributed by atoms with Crippen molar-refractivity contribution >= 4 is 23.2 Å². The number of pyridine rings is 1. The highest BCUT2D eigenvalue weighted by atomic mass is 32.2. The van der Waals surface area contributed by atoms with Crippen molar-refractivity contribution in [3.8, 4) is 0 Å². The average molecular weight is 441 g/mol. The molecule has 2 aliphatic rings. The van der Waals surface area contributed by atoms with E-state index in [-0.39, 0.29) is 5.91 Å². The second kappa shape index (κ2) is 9.33. The third kappa shape index (κ3) is 4.24. The predicted molar refractivity (Wildman–Crippen MR) is 131 cm³/mol. The maximum absolute atomic E-state index is 13.2. The molecule has 32 heavy (non-hydrogen) atoms. The zero-order chi connectivity index (χ0) is 21.9. The zero-order valence-electron chi connectivity index (χ0n) is 18.5. The number of nitrogens with zero attached hydrogens (tertiary/aromatic N) is 2. The first kappa shape index (κ1) is 21.0. The van der Waals surface area contributed by atoms with Gasteiger partial charge in [0.1, 0.15) is 0 Å². The number of aromatic nitrogens is 1. The Morgan fingerprint density at radius 3 is 2.62 bits per heavy atom. The lowest BCUT2D eigenvalue weighted by atomic mass is 9.99. The summed E-state index contributed by atoms with van der Waals surface area (Å²) in [6, 6.07) is 21.3. The molecule has 1 aromatic heterocycles. The molecule has 1 saturated carbocycles. The summed E-state index contributed by atoms with van der Waals surface area (Å²) in [6.07, 6.45) is 10.7. The molecule has 162 valence electrons. The van der Waals surface area contributed by atoms with E-state index in [4.69, 9.17) is 0 Å². The van der Waals surface area contributed by atoms with E-state index in [0.717, 1.165) is 36.9 Å². The molecule has 0 bridgehead atoms. The van der Waals surface area contributed by atoms with Gasteiger partial charge in [0.25, 0.3) is 5.91 Å². The van der Waals surface area contributed by atoms with Crippen molar-refractivity contribution in [1.29, 1.82) is 0 Å². The smallest absolute Gasteiger partial charge is 0.253 e. The number of allylic oxidation sites excluding steroid dienone is 1. The second-order valence-corrected chi connectivity index (χ2v) is 9.73. The Labute approximate surface area is 194 Å². The lowest BCUT2D eigenvalue weighted by molar-refractivity contribution is 0.0735. The number of carbonyl (C=O) groups is 1. The zero-order valence-corrected chi connectivity index (χ0v) is 19.3. The van der Waals surface area contributed by atoms with Crippen LogP contribution in [-0.4, -0.2) is 28.9 Å². The van der Waals surface area contributed by atoms with Crippen molar-refractivity contribution in [3.05, 3.63) is 95.3 Å². The summed E-state index contributed by atoms with van der Waals surface area (Å²) >= 11 is 1.79. The molecule has 5 rings (SSSR count). The first-order valence-electron chi connectivity index (χ1n) is 11.5. The monoisotopic (exact) mass is 440 g/mol. The highest BCUT2D eigenvalue weighted by Crippen LogP contribution is 2.39. The number of rotatable bonds is 3. The van der Waals surface area contributed by atoms with E-state index in [9.17, 15) is 4.79 Å². The summed E-state index contributed by atoms with van der Waals surface area (Å²) in [5.41, 5.74) is 5.44. The Hall–Kier alpha value is -2.85. The predicted octanol–water partition coefficient (Wildman–Crippen LogP) is 6.63. The molecule has 0 radical (unpaired) electrons. The molecule has 3 aromatic rings. The minimum Gasteiger partial charge on any atom is -0.339 e. The first-order chi connectivity index (χ1) is 15.7. The molecule has 4 heteroatoms. The summed E-state index contributed by atoms with van der Waals surface area (Å²) in [5.74, 6) is 0.148. The third-order valence-electron chi connectivity index (χ3n) is 6.60. The highest BCUT2D eigenvalue weighted by molar-refractivity contribution is 7.99. The Morgan fingerprint density at radius 1 is 1.00 bits per heavy atom. The van der Waals surface area contributed by atoms with Gasteiger partial charge in [-0.25, -0.2) is 0 Å². The normalized spacial score (nSPS) is 17.8. The Kier molecular flexibility index (Phi) is 6.13. The van der Waals surface area contributed by atoms with Gasteiger partial charge in [-0.15, -0.1) is 0 Å². The standard InChI is InChI=1S/C28H28N2OS/c1-30(22-10-2-3-11-22)28(31)21-16-17-26-20(19-21)9-8-13-23(25-14-6-7-18-29-25)24-12-4-5-15-27(24)32-26/h4-7,12-19,22H,2-3,8-11H2,1H3/b23-13-. The van der Waals surface area contributed by atoms with Crippen LogP contribution < -0.4 is 0 Å². The van der Waals surface area contributed by atoms with Crippen LogP contribution in [0.3, 0.4) is 0 Å². The van der Waals surface area contributed by atoms with Gasteiger partial charge in [-0.05, 0) is 73.2 Å². The molecule has 2 heterocycles. The number of hydrogen-bond donors (Lipinski definition) is 0. The minimum absolute atomic E-state index is 0.148. The summed E-state index contributed by atoms with van der Waals surface area (Å²) in [6.45, 7) is 0. The van der Waals surface area contributed by atoms with Crippen molar-refractivity contribution in [3.63, 3.8) is 0 Å². The van der Waals surface area contributed by atoms with Crippen LogP contribution in [0.15, 0.2) is 82.7 Å². The van der Waals surface area contributed by atoms with Crippen molar-refractivity contribution in [2.24, 2.45) is 0 Å². The summed E-state index contributed by atoms with van der Waals surface area (Å²) in [5, 5.41) is 0. The van der Waals surface area contributed by atoms with Crippen LogP contribution in [0.4, 0.5) is 0 Å². The average Bonchev–Trinajstić information content (AvgIpc) is 3.39. The van der Waals surface area contributed by atoms with Crippen molar-refractivity contribution in [2.45, 2.75) is 54.4 Å². The van der Waals surface area contributed by atoms with Crippen LogP contribution in [0, 0.1) is 0 Å². The second-order valence-electron chi connectivity index (χ2n) is 8.65. The largest absolute Gasteiger partial charge is 0.339 e. The van der Waals surface area contributed by atoms with Crippen LogP contribution in [0.2, 0.25) is 0 Å². The van der Waals surface area contributed by atoms with Gasteiger partial charge in [0, 0.05) is 40.2 Å². The SMILES string of the molecule is CN(C(=O)c1ccc2c(c1)CC/C=C(\c1ccccn1)c1ccccc1S2)C1CCCC1. The number of carbonyl (C=O) groups excluding carboxylic acids is 1. The Balaban J connectivity index is 1.49. The van der Waals surface area contributed by atoms with E-state index in [1.54, 1.807) is 11.8 Å². The first-order valence-corrected chi connectivity index (χ1v) is 12.3. The van der Waals surface area contributed by atoms with E-state index >= 15 is 0 Å². The van der Waals surface area contributed by atoms with E-state index in [2.05, 4.69) is 53.5 Å². The van der Waals surface area contributed by atoms with Gasteiger partial charge in [-0.2, -0.15) is 0 Å². The molecule has 1 fully saturated rings. The van der Waals surface area contributed by atoms with Crippen LogP contribution in [0.1, 0.15) is 59.3 Å². The van der Waals surface area contributed by atoms with Gasteiger partial charge in [-0.1, -0.05) is 54.9 Å². The van der Waals surface area contributed by atoms with Crippen LogP contribution >= 0.6 is 11.8 Å². The summed E-state index contributed by atoms with van der Waals surface area (Å²) in [4.78, 5) is 22.2. The van der Waals surface area contributed by atoms with Gasteiger partial charge < -0.3 is 4.90 Å². The Bertz CT molecular complexity index is 1150. The van der Waals surface area contributed by atoms with Gasteiger partial charge in [0.15, 0.2) is 0 Å². The maximum Gasteiger partial charge on any atom is 0.253 e. The quantitative estimate of drug-likeness (QED) is 0.458. The van der Waals surface area contributed by atoms with Crippen molar-refractivity contribution in [2.75, 3.05) is 7.05 Å². The van der Waals surface area contributed by atoms with Gasteiger partial charge >= 0.3 is 0 Å². The van der Waals surface area contributed by atoms with Gasteiger partial charge in [0.05, 0.1) is 5.69 Å². The van der Waals surface area contributed by atoms with Crippen molar-refractivity contribution in [1.82, 2.24) is 9.88 Å². The topological polar surface area (TPSA) is 33.2 Å². The number of hydrogen-bond acceptors (Lipinski definition) is 3. The summed E-state index contributed by atoms with van der Waals surface area (Å²) < 4.78 is 0. The summed E-state index contributed by atoms with van der Waals surface area (Å²) in [7, 11) is 1.97. The van der Waals surface area contributed by atoms with E-state index in [1.807, 2.05) is 36.3 Å². The third-order valence-corrected chi connectivity index (χ3v) is 7.79. The number of amides is 1. The molecule has 0 spiro atoms. The molecular formula is C28H28N2OS. The number of fused-ring (bicyclic) bond motifs is 2. The van der Waals surface area contributed by atoms with Crippen LogP contribution in [0.25, 0.3) is 5.57 Å². The molecule has 0 atom stereocenters. The maximum atomic E-state index is 13.2. The fourth-order valence-electron chi connectivity index (χ4n) is 4.81. The number of aryl methyl sites for hydroxylation is 1. The molecule has 0 unspecified atom stereocenters. The lowest BCUT2D eigenvalue weighted by Gasteiger charge is -2.24. The van der Waals surface area contributed by atoms with Crippen LogP contribution in [0.5, 0.6) is 0 Å². The van der Waals surface area contributed by atoms with Crippen LogP contribution in [-0.2, 0) is 6.42 Å². The number of benzene rings is 2.